The molecule has 5 heteroatoms. The molecular formula is C21H25NO4. The standard InChI is InChI=1S/C21H25NO4/c1-16-6-5-7-17(12-16)13-21(15-23)14-22(10-11-26-21)20(24)18-8-3-4-9-19(18)25-2/h3-9,12,23H,10-11,13-15H2,1-2H3/t21-/m0/s1. The SMILES string of the molecule is COc1ccccc1C(=O)N1CCO[C@@](CO)(Cc2cccc(C)c2)C1. The van der Waals surface area contributed by atoms with Gasteiger partial charge in [-0.3, -0.25) is 4.79 Å². The molecule has 1 saturated heterocycles. The number of benzene rings is 2. The van der Waals surface area contributed by atoms with E-state index >= 15 is 0 Å². The zero-order chi connectivity index (χ0) is 18.6. The first-order valence-corrected chi connectivity index (χ1v) is 8.79. The van der Waals surface area contributed by atoms with E-state index in [9.17, 15) is 9.90 Å². The van der Waals surface area contributed by atoms with Crippen LogP contribution in [-0.2, 0) is 11.2 Å². The average molecular weight is 355 g/mol. The highest BCUT2D eigenvalue weighted by Crippen LogP contribution is 2.26. The molecule has 0 spiro atoms. The molecule has 138 valence electrons. The van der Waals surface area contributed by atoms with Gasteiger partial charge in [0, 0.05) is 13.0 Å². The van der Waals surface area contributed by atoms with Gasteiger partial charge in [0.15, 0.2) is 0 Å². The summed E-state index contributed by atoms with van der Waals surface area (Å²) in [5, 5.41) is 10.1. The van der Waals surface area contributed by atoms with Gasteiger partial charge in [0.25, 0.3) is 5.91 Å². The van der Waals surface area contributed by atoms with E-state index in [0.717, 1.165) is 11.1 Å². The van der Waals surface area contributed by atoms with Gasteiger partial charge in [-0.15, -0.1) is 0 Å². The number of hydrogen-bond donors (Lipinski definition) is 1. The number of aliphatic hydroxyl groups is 1. The van der Waals surface area contributed by atoms with Crippen molar-refractivity contribution in [3.8, 4) is 5.75 Å². The van der Waals surface area contributed by atoms with Crippen LogP contribution in [0.1, 0.15) is 21.5 Å². The molecule has 1 aliphatic heterocycles. The van der Waals surface area contributed by atoms with E-state index < -0.39 is 5.60 Å². The van der Waals surface area contributed by atoms with E-state index in [1.807, 2.05) is 37.3 Å². The number of para-hydroxylation sites is 1. The van der Waals surface area contributed by atoms with Crippen molar-refractivity contribution in [2.45, 2.75) is 18.9 Å². The lowest BCUT2D eigenvalue weighted by atomic mass is 9.92. The van der Waals surface area contributed by atoms with Crippen molar-refractivity contribution in [3.05, 3.63) is 65.2 Å². The van der Waals surface area contributed by atoms with Crippen LogP contribution in [0.4, 0.5) is 0 Å². The van der Waals surface area contributed by atoms with Crippen molar-refractivity contribution in [1.82, 2.24) is 4.90 Å². The van der Waals surface area contributed by atoms with Gasteiger partial charge in [0.1, 0.15) is 11.4 Å². The molecule has 0 radical (unpaired) electrons. The first kappa shape index (κ1) is 18.4. The number of hydrogen-bond acceptors (Lipinski definition) is 4. The number of aliphatic hydroxyl groups excluding tert-OH is 1. The van der Waals surface area contributed by atoms with Crippen LogP contribution >= 0.6 is 0 Å². The van der Waals surface area contributed by atoms with Crippen LogP contribution in [0.3, 0.4) is 0 Å². The van der Waals surface area contributed by atoms with Gasteiger partial charge < -0.3 is 19.5 Å². The second-order valence-electron chi connectivity index (χ2n) is 6.78. The maximum absolute atomic E-state index is 13.0. The zero-order valence-corrected chi connectivity index (χ0v) is 15.3. The van der Waals surface area contributed by atoms with Crippen LogP contribution in [0.25, 0.3) is 0 Å². The number of aryl methyl sites for hydroxylation is 1. The fraction of sp³-hybridized carbons (Fsp3) is 0.381. The van der Waals surface area contributed by atoms with Crippen molar-refractivity contribution in [3.63, 3.8) is 0 Å². The summed E-state index contributed by atoms with van der Waals surface area (Å²) in [5.74, 6) is 0.449. The second-order valence-corrected chi connectivity index (χ2v) is 6.78. The van der Waals surface area contributed by atoms with E-state index in [2.05, 4.69) is 6.07 Å². The number of carbonyl (C=O) groups excluding carboxylic acids is 1. The Kier molecular flexibility index (Phi) is 5.59. The maximum Gasteiger partial charge on any atom is 0.257 e. The van der Waals surface area contributed by atoms with Gasteiger partial charge >= 0.3 is 0 Å². The maximum atomic E-state index is 13.0. The minimum Gasteiger partial charge on any atom is -0.496 e. The second kappa shape index (κ2) is 7.89. The molecule has 2 aromatic carbocycles. The molecule has 1 aliphatic rings. The number of carbonyl (C=O) groups is 1. The molecule has 1 atom stereocenters. The normalized spacial score (nSPS) is 20.0. The van der Waals surface area contributed by atoms with Crippen LogP contribution in [0, 0.1) is 6.92 Å². The Morgan fingerprint density at radius 2 is 2.08 bits per heavy atom. The molecule has 0 saturated carbocycles. The molecule has 1 fully saturated rings. The predicted octanol–water partition coefficient (Wildman–Crippen LogP) is 2.45. The molecule has 0 bridgehead atoms. The summed E-state index contributed by atoms with van der Waals surface area (Å²) < 4.78 is 11.3. The molecule has 0 aliphatic carbocycles. The van der Waals surface area contributed by atoms with Crippen molar-refractivity contribution in [1.29, 1.82) is 0 Å². The first-order chi connectivity index (χ1) is 12.6. The lowest BCUT2D eigenvalue weighted by Gasteiger charge is -2.42. The highest BCUT2D eigenvalue weighted by molar-refractivity contribution is 5.97. The zero-order valence-electron chi connectivity index (χ0n) is 15.3. The van der Waals surface area contributed by atoms with Crippen LogP contribution < -0.4 is 4.74 Å². The van der Waals surface area contributed by atoms with E-state index in [1.165, 1.54) is 0 Å². The lowest BCUT2D eigenvalue weighted by Crippen LogP contribution is -2.56. The van der Waals surface area contributed by atoms with Gasteiger partial charge in [0.05, 0.1) is 32.4 Å². The van der Waals surface area contributed by atoms with Gasteiger partial charge in [0.2, 0.25) is 0 Å². The van der Waals surface area contributed by atoms with Crippen LogP contribution in [0.5, 0.6) is 5.75 Å². The van der Waals surface area contributed by atoms with Gasteiger partial charge in [-0.2, -0.15) is 0 Å². The molecule has 1 amide bonds. The molecule has 3 rings (SSSR count). The van der Waals surface area contributed by atoms with Crippen LogP contribution in [-0.4, -0.2) is 54.9 Å². The Bertz CT molecular complexity index is 776. The highest BCUT2D eigenvalue weighted by Gasteiger charge is 2.38. The average Bonchev–Trinajstić information content (AvgIpc) is 2.67. The largest absolute Gasteiger partial charge is 0.496 e. The lowest BCUT2D eigenvalue weighted by molar-refractivity contribution is -0.123. The van der Waals surface area contributed by atoms with Crippen LogP contribution in [0.2, 0.25) is 0 Å². The third-order valence-electron chi connectivity index (χ3n) is 4.77. The Morgan fingerprint density at radius 1 is 1.27 bits per heavy atom. The van der Waals surface area contributed by atoms with Gasteiger partial charge in [-0.25, -0.2) is 0 Å². The van der Waals surface area contributed by atoms with E-state index in [4.69, 9.17) is 9.47 Å². The molecule has 26 heavy (non-hydrogen) atoms. The molecule has 1 heterocycles. The highest BCUT2D eigenvalue weighted by atomic mass is 16.5. The molecule has 1 N–H and O–H groups in total. The van der Waals surface area contributed by atoms with E-state index in [0.29, 0.717) is 37.4 Å². The summed E-state index contributed by atoms with van der Waals surface area (Å²) in [4.78, 5) is 14.7. The molecule has 0 unspecified atom stereocenters. The quantitative estimate of drug-likeness (QED) is 0.895. The predicted molar refractivity (Wildman–Crippen MR) is 99.5 cm³/mol. The van der Waals surface area contributed by atoms with Crippen LogP contribution in [0.15, 0.2) is 48.5 Å². The number of morpholine rings is 1. The Labute approximate surface area is 154 Å². The van der Waals surface area contributed by atoms with Crippen molar-refractivity contribution in [2.24, 2.45) is 0 Å². The summed E-state index contributed by atoms with van der Waals surface area (Å²) in [6.45, 7) is 3.12. The van der Waals surface area contributed by atoms with Crippen molar-refractivity contribution < 1.29 is 19.4 Å². The Hall–Kier alpha value is -2.37. The topological polar surface area (TPSA) is 59.0 Å². The number of methoxy groups -OCH3 is 1. The Balaban J connectivity index is 1.81. The van der Waals surface area contributed by atoms with Crippen molar-refractivity contribution >= 4 is 5.91 Å². The smallest absolute Gasteiger partial charge is 0.257 e. The molecule has 2 aromatic rings. The van der Waals surface area contributed by atoms with Gasteiger partial charge in [-0.1, -0.05) is 42.0 Å². The fourth-order valence-corrected chi connectivity index (χ4v) is 3.46. The number of nitrogens with zero attached hydrogens (tertiary/aromatic N) is 1. The van der Waals surface area contributed by atoms with Gasteiger partial charge in [-0.05, 0) is 24.6 Å². The number of ether oxygens (including phenoxy) is 2. The minimum absolute atomic E-state index is 0.104. The number of amides is 1. The Morgan fingerprint density at radius 3 is 2.81 bits per heavy atom. The molecular weight excluding hydrogens is 330 g/mol. The molecule has 5 nitrogen and oxygen atoms in total. The van der Waals surface area contributed by atoms with E-state index in [-0.39, 0.29) is 12.5 Å². The molecule has 0 aromatic heterocycles. The first-order valence-electron chi connectivity index (χ1n) is 8.79. The van der Waals surface area contributed by atoms with E-state index in [1.54, 1.807) is 24.1 Å². The fourth-order valence-electron chi connectivity index (χ4n) is 3.46. The van der Waals surface area contributed by atoms with Crippen molar-refractivity contribution in [2.75, 3.05) is 33.4 Å². The third kappa shape index (κ3) is 3.89. The third-order valence-corrected chi connectivity index (χ3v) is 4.77. The summed E-state index contributed by atoms with van der Waals surface area (Å²) in [5.41, 5.74) is 1.99. The summed E-state index contributed by atoms with van der Waals surface area (Å²) in [6.07, 6.45) is 0.556. The number of rotatable bonds is 5. The minimum atomic E-state index is -0.788. The monoisotopic (exact) mass is 355 g/mol. The summed E-state index contributed by atoms with van der Waals surface area (Å²) in [7, 11) is 1.56. The summed E-state index contributed by atoms with van der Waals surface area (Å²) >= 11 is 0. The summed E-state index contributed by atoms with van der Waals surface area (Å²) in [6, 6.07) is 15.3.